The van der Waals surface area contributed by atoms with E-state index < -0.39 is 6.09 Å². The van der Waals surface area contributed by atoms with Gasteiger partial charge in [0.25, 0.3) is 0 Å². The monoisotopic (exact) mass is 262 g/mol. The van der Waals surface area contributed by atoms with E-state index in [0.29, 0.717) is 5.88 Å². The molecule has 1 aromatic rings. The number of aryl methyl sites for hydroxylation is 1. The van der Waals surface area contributed by atoms with Crippen molar-refractivity contribution >= 4 is 6.09 Å². The van der Waals surface area contributed by atoms with Gasteiger partial charge in [0.1, 0.15) is 6.10 Å². The second-order valence-corrected chi connectivity index (χ2v) is 5.46. The fourth-order valence-corrected chi connectivity index (χ4v) is 3.23. The fraction of sp³-hybridized carbons (Fsp3) is 0.571. The second kappa shape index (κ2) is 4.72. The van der Waals surface area contributed by atoms with Gasteiger partial charge in [-0.1, -0.05) is 6.07 Å². The zero-order valence-electron chi connectivity index (χ0n) is 11.0. The Hall–Kier alpha value is -1.78. The van der Waals surface area contributed by atoms with Gasteiger partial charge >= 0.3 is 6.09 Å². The van der Waals surface area contributed by atoms with Gasteiger partial charge in [-0.25, -0.2) is 9.78 Å². The standard InChI is InChI=1S/C14H18N2O3/c1-9-2-5-13(15-8-9)19-12-6-10-3-4-11(7-12)16(10)14(17)18/h2,5,8,10-12H,3-4,6-7H2,1H3,(H,17,18)/t10-,11+,12?. The minimum absolute atomic E-state index is 0.0864. The average Bonchev–Trinajstić information content (AvgIpc) is 2.65. The summed E-state index contributed by atoms with van der Waals surface area (Å²) in [6.07, 6.45) is 4.55. The normalized spacial score (nSPS) is 29.3. The molecule has 2 aliphatic rings. The van der Waals surface area contributed by atoms with E-state index >= 15 is 0 Å². The molecule has 0 aromatic carbocycles. The average molecular weight is 262 g/mol. The van der Waals surface area contributed by atoms with E-state index in [9.17, 15) is 9.90 Å². The largest absolute Gasteiger partial charge is 0.474 e. The van der Waals surface area contributed by atoms with Crippen molar-refractivity contribution in [3.8, 4) is 5.88 Å². The number of pyridine rings is 1. The van der Waals surface area contributed by atoms with Crippen molar-refractivity contribution in [2.45, 2.75) is 50.8 Å². The third kappa shape index (κ3) is 2.37. The molecule has 1 amide bonds. The number of fused-ring (bicyclic) bond motifs is 2. The van der Waals surface area contributed by atoms with E-state index in [1.807, 2.05) is 19.1 Å². The highest BCUT2D eigenvalue weighted by molar-refractivity contribution is 5.66. The van der Waals surface area contributed by atoms with E-state index in [0.717, 1.165) is 31.2 Å². The van der Waals surface area contributed by atoms with E-state index in [1.165, 1.54) is 0 Å². The van der Waals surface area contributed by atoms with Crippen LogP contribution in [0, 0.1) is 6.92 Å². The highest BCUT2D eigenvalue weighted by Crippen LogP contribution is 2.36. The maximum atomic E-state index is 11.2. The summed E-state index contributed by atoms with van der Waals surface area (Å²) in [4.78, 5) is 17.0. The van der Waals surface area contributed by atoms with Crippen LogP contribution in [-0.2, 0) is 0 Å². The molecule has 0 spiro atoms. The van der Waals surface area contributed by atoms with Crippen LogP contribution in [0.4, 0.5) is 4.79 Å². The van der Waals surface area contributed by atoms with Crippen LogP contribution in [0.2, 0.25) is 0 Å². The van der Waals surface area contributed by atoms with Crippen LogP contribution in [-0.4, -0.2) is 39.3 Å². The lowest BCUT2D eigenvalue weighted by molar-refractivity contribution is 0.0477. The first-order chi connectivity index (χ1) is 9.13. The van der Waals surface area contributed by atoms with Gasteiger partial charge in [0.05, 0.1) is 0 Å². The first-order valence-corrected chi connectivity index (χ1v) is 6.74. The zero-order valence-corrected chi connectivity index (χ0v) is 11.0. The van der Waals surface area contributed by atoms with Gasteiger partial charge in [-0.05, 0) is 25.3 Å². The summed E-state index contributed by atoms with van der Waals surface area (Å²) in [5.74, 6) is 0.638. The predicted molar refractivity (Wildman–Crippen MR) is 69.3 cm³/mol. The topological polar surface area (TPSA) is 62.7 Å². The number of carbonyl (C=O) groups is 1. The first-order valence-electron chi connectivity index (χ1n) is 6.74. The lowest BCUT2D eigenvalue weighted by Gasteiger charge is -2.36. The smallest absolute Gasteiger partial charge is 0.407 e. The fourth-order valence-electron chi connectivity index (χ4n) is 3.23. The first kappa shape index (κ1) is 12.3. The summed E-state index contributed by atoms with van der Waals surface area (Å²) in [7, 11) is 0. The lowest BCUT2D eigenvalue weighted by atomic mass is 10.0. The summed E-state index contributed by atoms with van der Waals surface area (Å²) < 4.78 is 5.89. The Morgan fingerprint density at radius 3 is 2.58 bits per heavy atom. The Kier molecular flexibility index (Phi) is 3.05. The minimum Gasteiger partial charge on any atom is -0.474 e. The molecule has 1 unspecified atom stereocenters. The minimum atomic E-state index is -0.792. The molecule has 2 bridgehead atoms. The molecule has 3 heterocycles. The Morgan fingerprint density at radius 2 is 2.05 bits per heavy atom. The number of aromatic nitrogens is 1. The summed E-state index contributed by atoms with van der Waals surface area (Å²) in [6.45, 7) is 1.99. The highest BCUT2D eigenvalue weighted by Gasteiger charge is 2.44. The van der Waals surface area contributed by atoms with Crippen molar-refractivity contribution in [1.82, 2.24) is 9.88 Å². The SMILES string of the molecule is Cc1ccc(OC2C[C@H]3CC[C@@H](C2)N3C(=O)O)nc1. The molecule has 102 valence electrons. The lowest BCUT2D eigenvalue weighted by Crippen LogP contribution is -2.48. The molecule has 1 aromatic heterocycles. The number of hydrogen-bond donors (Lipinski definition) is 1. The Bertz CT molecular complexity index is 460. The molecule has 2 aliphatic heterocycles. The molecule has 19 heavy (non-hydrogen) atoms. The van der Waals surface area contributed by atoms with Gasteiger partial charge < -0.3 is 14.7 Å². The third-order valence-electron chi connectivity index (χ3n) is 4.08. The van der Waals surface area contributed by atoms with Gasteiger partial charge in [-0.2, -0.15) is 0 Å². The summed E-state index contributed by atoms with van der Waals surface area (Å²) >= 11 is 0. The van der Waals surface area contributed by atoms with Crippen LogP contribution in [0.25, 0.3) is 0 Å². The van der Waals surface area contributed by atoms with Crippen molar-refractivity contribution in [3.05, 3.63) is 23.9 Å². The molecule has 2 saturated heterocycles. The van der Waals surface area contributed by atoms with Crippen LogP contribution in [0.5, 0.6) is 5.88 Å². The van der Waals surface area contributed by atoms with Crippen molar-refractivity contribution in [1.29, 1.82) is 0 Å². The quantitative estimate of drug-likeness (QED) is 0.889. The van der Waals surface area contributed by atoms with Crippen molar-refractivity contribution < 1.29 is 14.6 Å². The van der Waals surface area contributed by atoms with Crippen LogP contribution in [0.3, 0.4) is 0 Å². The van der Waals surface area contributed by atoms with Gasteiger partial charge in [-0.3, -0.25) is 0 Å². The van der Waals surface area contributed by atoms with Crippen LogP contribution in [0.1, 0.15) is 31.2 Å². The molecule has 0 saturated carbocycles. The number of rotatable bonds is 2. The number of carboxylic acid groups (broad SMARTS) is 1. The summed E-state index contributed by atoms with van der Waals surface area (Å²) in [5.41, 5.74) is 1.10. The van der Waals surface area contributed by atoms with Crippen molar-refractivity contribution in [2.75, 3.05) is 0 Å². The molecule has 2 fully saturated rings. The Labute approximate surface area is 112 Å². The number of hydrogen-bond acceptors (Lipinski definition) is 3. The molecule has 1 N–H and O–H groups in total. The van der Waals surface area contributed by atoms with E-state index in [-0.39, 0.29) is 18.2 Å². The van der Waals surface area contributed by atoms with Gasteiger partial charge in [0, 0.05) is 37.2 Å². The van der Waals surface area contributed by atoms with Gasteiger partial charge in [0.2, 0.25) is 5.88 Å². The molecule has 3 atom stereocenters. The number of ether oxygens (including phenoxy) is 1. The second-order valence-electron chi connectivity index (χ2n) is 5.46. The molecule has 5 heteroatoms. The Morgan fingerprint density at radius 1 is 1.37 bits per heavy atom. The number of amides is 1. The zero-order chi connectivity index (χ0) is 13.4. The molecular weight excluding hydrogens is 244 g/mol. The van der Waals surface area contributed by atoms with Crippen LogP contribution in [0.15, 0.2) is 18.3 Å². The van der Waals surface area contributed by atoms with E-state index in [1.54, 1.807) is 11.1 Å². The molecule has 0 radical (unpaired) electrons. The molecular formula is C14H18N2O3. The number of piperidine rings is 1. The van der Waals surface area contributed by atoms with Crippen LogP contribution < -0.4 is 4.74 Å². The van der Waals surface area contributed by atoms with Gasteiger partial charge in [0.15, 0.2) is 0 Å². The molecule has 3 rings (SSSR count). The summed E-state index contributed by atoms with van der Waals surface area (Å²) in [6, 6.07) is 4.09. The van der Waals surface area contributed by atoms with Crippen LogP contribution >= 0.6 is 0 Å². The Balaban J connectivity index is 1.66. The third-order valence-corrected chi connectivity index (χ3v) is 4.08. The van der Waals surface area contributed by atoms with E-state index in [4.69, 9.17) is 4.74 Å². The number of nitrogens with zero attached hydrogens (tertiary/aromatic N) is 2. The maximum absolute atomic E-state index is 11.2. The summed E-state index contributed by atoms with van der Waals surface area (Å²) in [5, 5.41) is 9.20. The molecule has 5 nitrogen and oxygen atoms in total. The predicted octanol–water partition coefficient (Wildman–Crippen LogP) is 2.44. The van der Waals surface area contributed by atoms with Gasteiger partial charge in [-0.15, -0.1) is 0 Å². The van der Waals surface area contributed by atoms with Crippen molar-refractivity contribution in [3.63, 3.8) is 0 Å². The maximum Gasteiger partial charge on any atom is 0.407 e. The van der Waals surface area contributed by atoms with E-state index in [2.05, 4.69) is 4.98 Å². The van der Waals surface area contributed by atoms with Crippen molar-refractivity contribution in [2.24, 2.45) is 0 Å². The molecule has 0 aliphatic carbocycles. The highest BCUT2D eigenvalue weighted by atomic mass is 16.5.